The lowest BCUT2D eigenvalue weighted by molar-refractivity contribution is -0.115. The lowest BCUT2D eigenvalue weighted by Crippen LogP contribution is -2.53. The van der Waals surface area contributed by atoms with Gasteiger partial charge in [-0.3, -0.25) is 4.79 Å². The molecule has 1 atom stereocenters. The number of nitrogens with one attached hydrogen (secondary N) is 2. The van der Waals surface area contributed by atoms with Gasteiger partial charge in [0, 0.05) is 43.1 Å². The molecule has 2 aromatic rings. The van der Waals surface area contributed by atoms with Crippen molar-refractivity contribution >= 4 is 17.4 Å². The number of aromatic nitrogens is 1. The normalized spacial score (nSPS) is 19.3. The van der Waals surface area contributed by atoms with Gasteiger partial charge in [0.05, 0.1) is 6.42 Å². The van der Waals surface area contributed by atoms with Crippen LogP contribution in [0.25, 0.3) is 0 Å². The van der Waals surface area contributed by atoms with Crippen LogP contribution >= 0.6 is 0 Å². The second-order valence-corrected chi connectivity index (χ2v) is 6.46. The average Bonchev–Trinajstić information content (AvgIpc) is 2.62. The van der Waals surface area contributed by atoms with E-state index < -0.39 is 0 Å². The molecular weight excluding hydrogens is 300 g/mol. The van der Waals surface area contributed by atoms with Gasteiger partial charge in [0.2, 0.25) is 5.91 Å². The van der Waals surface area contributed by atoms with Crippen molar-refractivity contribution in [2.75, 3.05) is 29.9 Å². The van der Waals surface area contributed by atoms with Crippen LogP contribution < -0.4 is 15.5 Å². The molecule has 1 saturated heterocycles. The minimum absolute atomic E-state index is 0.0250. The quantitative estimate of drug-likeness (QED) is 0.907. The maximum atomic E-state index is 12.4. The molecule has 5 nitrogen and oxygen atoms in total. The van der Waals surface area contributed by atoms with Crippen molar-refractivity contribution in [1.82, 2.24) is 10.3 Å². The first-order valence-corrected chi connectivity index (χ1v) is 8.60. The molecule has 0 aliphatic carbocycles. The summed E-state index contributed by atoms with van der Waals surface area (Å²) in [6.45, 7) is 2.99. The van der Waals surface area contributed by atoms with Crippen molar-refractivity contribution < 1.29 is 4.79 Å². The van der Waals surface area contributed by atoms with Gasteiger partial charge in [0.1, 0.15) is 5.82 Å². The van der Waals surface area contributed by atoms with Gasteiger partial charge in [-0.05, 0) is 24.5 Å². The number of carbonyl (C=O) groups is 1. The number of pyridine rings is 1. The number of carbonyl (C=O) groups excluding carboxylic acids is 1. The first kappa shape index (κ1) is 15.1. The van der Waals surface area contributed by atoms with Crippen LogP contribution in [0.2, 0.25) is 0 Å². The number of rotatable bonds is 3. The Hall–Kier alpha value is -2.40. The molecule has 0 saturated carbocycles. The minimum atomic E-state index is 0.0250. The molecule has 3 heterocycles. The highest BCUT2D eigenvalue weighted by Crippen LogP contribution is 2.34. The van der Waals surface area contributed by atoms with Crippen LogP contribution in [-0.2, 0) is 17.6 Å². The maximum absolute atomic E-state index is 12.4. The van der Waals surface area contributed by atoms with E-state index in [1.165, 1.54) is 5.56 Å². The fourth-order valence-electron chi connectivity index (χ4n) is 3.68. The lowest BCUT2D eigenvalue weighted by atomic mass is 9.96. The molecular formula is C19H22N4O. The number of hydrogen-bond acceptors (Lipinski definition) is 4. The molecule has 1 fully saturated rings. The predicted molar refractivity (Wildman–Crippen MR) is 95.3 cm³/mol. The number of anilines is 2. The Morgan fingerprint density at radius 1 is 1.29 bits per heavy atom. The van der Waals surface area contributed by atoms with Gasteiger partial charge in [-0.25, -0.2) is 4.98 Å². The van der Waals surface area contributed by atoms with Crippen LogP contribution in [0.5, 0.6) is 0 Å². The van der Waals surface area contributed by atoms with E-state index in [4.69, 9.17) is 0 Å². The minimum Gasteiger partial charge on any atom is -0.351 e. The summed E-state index contributed by atoms with van der Waals surface area (Å²) >= 11 is 0. The Labute approximate surface area is 142 Å². The summed E-state index contributed by atoms with van der Waals surface area (Å²) in [6.07, 6.45) is 4.27. The molecule has 0 bridgehead atoms. The van der Waals surface area contributed by atoms with Gasteiger partial charge in [-0.2, -0.15) is 0 Å². The molecule has 24 heavy (non-hydrogen) atoms. The molecule has 2 N–H and O–H groups in total. The summed E-state index contributed by atoms with van der Waals surface area (Å²) in [5, 5.41) is 6.54. The molecule has 0 unspecified atom stereocenters. The second kappa shape index (κ2) is 6.61. The molecule has 5 heteroatoms. The van der Waals surface area contributed by atoms with Gasteiger partial charge in [-0.15, -0.1) is 0 Å². The summed E-state index contributed by atoms with van der Waals surface area (Å²) in [5.74, 6) is 1.07. The van der Waals surface area contributed by atoms with E-state index in [-0.39, 0.29) is 5.91 Å². The first-order valence-electron chi connectivity index (χ1n) is 8.60. The van der Waals surface area contributed by atoms with Crippen LogP contribution in [-0.4, -0.2) is 36.6 Å². The van der Waals surface area contributed by atoms with Crippen molar-refractivity contribution in [1.29, 1.82) is 0 Å². The van der Waals surface area contributed by atoms with Crippen molar-refractivity contribution in [2.45, 2.75) is 25.3 Å². The van der Waals surface area contributed by atoms with Gasteiger partial charge in [0.25, 0.3) is 0 Å². The molecule has 1 aromatic heterocycles. The number of benzene rings is 1. The summed E-state index contributed by atoms with van der Waals surface area (Å²) in [7, 11) is 0. The third kappa shape index (κ3) is 2.99. The van der Waals surface area contributed by atoms with E-state index in [2.05, 4.69) is 20.5 Å². The number of amides is 1. The average molecular weight is 322 g/mol. The smallest absolute Gasteiger partial charge is 0.228 e. The van der Waals surface area contributed by atoms with Gasteiger partial charge >= 0.3 is 0 Å². The van der Waals surface area contributed by atoms with Gasteiger partial charge < -0.3 is 15.5 Å². The molecule has 124 valence electrons. The summed E-state index contributed by atoms with van der Waals surface area (Å²) < 4.78 is 0. The zero-order chi connectivity index (χ0) is 16.4. The summed E-state index contributed by atoms with van der Waals surface area (Å²) in [6, 6.07) is 12.3. The monoisotopic (exact) mass is 322 g/mol. The fourth-order valence-corrected chi connectivity index (χ4v) is 3.68. The van der Waals surface area contributed by atoms with Crippen LogP contribution in [0.1, 0.15) is 17.5 Å². The van der Waals surface area contributed by atoms with E-state index in [0.717, 1.165) is 49.5 Å². The zero-order valence-electron chi connectivity index (χ0n) is 13.7. The molecule has 2 aliphatic heterocycles. The predicted octanol–water partition coefficient (Wildman–Crippen LogP) is 1.99. The number of fused-ring (bicyclic) bond motifs is 3. The van der Waals surface area contributed by atoms with E-state index >= 15 is 0 Å². The molecule has 0 spiro atoms. The highest BCUT2D eigenvalue weighted by atomic mass is 16.1. The van der Waals surface area contributed by atoms with Gasteiger partial charge in [-0.1, -0.05) is 30.3 Å². The largest absolute Gasteiger partial charge is 0.351 e. The highest BCUT2D eigenvalue weighted by molar-refractivity contribution is 5.93. The fraction of sp³-hybridized carbons (Fsp3) is 0.368. The standard InChI is InChI=1S/C19H22N4O/c24-18(12-14-4-2-1-3-5-14)22-17-8-9-21-19-16(17)7-6-15-13-20-10-11-23(15)19/h1-5,8-9,15,20H,6-7,10-13H2,(H,21,22,24)/t15-/m1/s1. The van der Waals surface area contributed by atoms with E-state index in [1.807, 2.05) is 36.4 Å². The van der Waals surface area contributed by atoms with Crippen LogP contribution in [0, 0.1) is 0 Å². The Morgan fingerprint density at radius 3 is 3.04 bits per heavy atom. The van der Waals surface area contributed by atoms with Gasteiger partial charge in [0.15, 0.2) is 0 Å². The Bertz CT molecular complexity index is 731. The Morgan fingerprint density at radius 2 is 2.17 bits per heavy atom. The SMILES string of the molecule is O=C(Cc1ccccc1)Nc1ccnc2c1CC[C@@H]1CNCCN21. The van der Waals surface area contributed by atoms with Crippen LogP contribution in [0.3, 0.4) is 0 Å². The van der Waals surface area contributed by atoms with Crippen LogP contribution in [0.15, 0.2) is 42.6 Å². The maximum Gasteiger partial charge on any atom is 0.228 e. The third-order valence-corrected chi connectivity index (χ3v) is 4.86. The summed E-state index contributed by atoms with van der Waals surface area (Å²) in [5.41, 5.74) is 3.12. The molecule has 4 rings (SSSR count). The molecule has 1 aromatic carbocycles. The second-order valence-electron chi connectivity index (χ2n) is 6.46. The lowest BCUT2D eigenvalue weighted by Gasteiger charge is -2.41. The zero-order valence-corrected chi connectivity index (χ0v) is 13.7. The Balaban J connectivity index is 1.53. The molecule has 0 radical (unpaired) electrons. The van der Waals surface area contributed by atoms with Crippen LogP contribution in [0.4, 0.5) is 11.5 Å². The van der Waals surface area contributed by atoms with Crippen molar-refractivity contribution in [3.05, 3.63) is 53.7 Å². The molecule has 1 amide bonds. The van der Waals surface area contributed by atoms with Crippen molar-refractivity contribution in [3.63, 3.8) is 0 Å². The van der Waals surface area contributed by atoms with E-state index in [1.54, 1.807) is 6.20 Å². The highest BCUT2D eigenvalue weighted by Gasteiger charge is 2.30. The number of nitrogens with zero attached hydrogens (tertiary/aromatic N) is 2. The number of hydrogen-bond donors (Lipinski definition) is 2. The molecule has 2 aliphatic rings. The van der Waals surface area contributed by atoms with Crippen molar-refractivity contribution in [2.24, 2.45) is 0 Å². The van der Waals surface area contributed by atoms with E-state index in [9.17, 15) is 4.79 Å². The van der Waals surface area contributed by atoms with E-state index in [0.29, 0.717) is 12.5 Å². The summed E-state index contributed by atoms with van der Waals surface area (Å²) in [4.78, 5) is 19.4. The third-order valence-electron chi connectivity index (χ3n) is 4.86. The first-order chi connectivity index (χ1) is 11.8. The van der Waals surface area contributed by atoms with Crippen molar-refractivity contribution in [3.8, 4) is 0 Å². The number of piperazine rings is 1. The Kier molecular flexibility index (Phi) is 4.17. The topological polar surface area (TPSA) is 57.3 Å².